The van der Waals surface area contributed by atoms with Crippen molar-refractivity contribution < 1.29 is 22.3 Å². The second-order valence-corrected chi connectivity index (χ2v) is 11.3. The maximum atomic E-state index is 13.8. The van der Waals surface area contributed by atoms with Gasteiger partial charge in [-0.15, -0.1) is 0 Å². The number of carbonyl (C=O) groups is 1. The van der Waals surface area contributed by atoms with Crippen molar-refractivity contribution in [3.05, 3.63) is 29.1 Å². The quantitative estimate of drug-likeness (QED) is 0.509. The maximum Gasteiger partial charge on any atom is 0.214 e. The average Bonchev–Trinajstić information content (AvgIpc) is 2.77. The Morgan fingerprint density at radius 3 is 2.38 bits per heavy atom. The van der Waals surface area contributed by atoms with Crippen molar-refractivity contribution in [2.45, 2.75) is 70.8 Å². The first-order valence-electron chi connectivity index (χ1n) is 11.8. The van der Waals surface area contributed by atoms with Gasteiger partial charge < -0.3 is 4.74 Å². The van der Waals surface area contributed by atoms with E-state index in [1.807, 2.05) is 6.92 Å². The van der Waals surface area contributed by atoms with Crippen molar-refractivity contribution in [2.75, 3.05) is 39.0 Å². The van der Waals surface area contributed by atoms with Crippen molar-refractivity contribution in [3.8, 4) is 5.75 Å². The van der Waals surface area contributed by atoms with Gasteiger partial charge in [0, 0.05) is 44.2 Å². The predicted molar refractivity (Wildman–Crippen MR) is 124 cm³/mol. The molecule has 0 amide bonds. The number of hydrogen-bond acceptors (Lipinski definition) is 5. The molecule has 8 heteroatoms. The average molecular weight is 469 g/mol. The van der Waals surface area contributed by atoms with Gasteiger partial charge >= 0.3 is 0 Å². The minimum absolute atomic E-state index is 0.0199. The number of ether oxygens (including phenoxy) is 1. The van der Waals surface area contributed by atoms with E-state index >= 15 is 0 Å². The fourth-order valence-electron chi connectivity index (χ4n) is 5.46. The van der Waals surface area contributed by atoms with Crippen molar-refractivity contribution in [1.29, 1.82) is 0 Å². The van der Waals surface area contributed by atoms with Crippen LogP contribution in [0.15, 0.2) is 12.1 Å². The summed E-state index contributed by atoms with van der Waals surface area (Å²) in [7, 11) is -1.72. The molecule has 0 bridgehead atoms. The van der Waals surface area contributed by atoms with Crippen molar-refractivity contribution in [1.82, 2.24) is 9.21 Å². The third kappa shape index (κ3) is 5.51. The first-order valence-corrected chi connectivity index (χ1v) is 13.4. The second kappa shape index (κ2) is 10.6. The molecule has 0 radical (unpaired) electrons. The molecule has 2 aliphatic rings. The van der Waals surface area contributed by atoms with E-state index < -0.39 is 15.8 Å². The molecule has 32 heavy (non-hydrogen) atoms. The Morgan fingerprint density at radius 2 is 1.78 bits per heavy atom. The summed E-state index contributed by atoms with van der Waals surface area (Å²) < 4.78 is 45.6. The van der Waals surface area contributed by atoms with Gasteiger partial charge in [0.05, 0.1) is 18.4 Å². The zero-order valence-electron chi connectivity index (χ0n) is 19.7. The summed E-state index contributed by atoms with van der Waals surface area (Å²) >= 11 is 0. The number of carbonyl (C=O) groups excluding carboxylic acids is 1. The third-order valence-electron chi connectivity index (χ3n) is 7.13. The molecule has 3 rings (SSSR count). The fraction of sp³-hybridized carbons (Fsp3) is 0.708. The van der Waals surface area contributed by atoms with Crippen LogP contribution in [0, 0.1) is 12.7 Å². The molecular weight excluding hydrogens is 431 g/mol. The minimum atomic E-state index is -3.18. The van der Waals surface area contributed by atoms with E-state index in [1.54, 1.807) is 11.2 Å². The Balaban J connectivity index is 1.72. The topological polar surface area (TPSA) is 66.9 Å². The van der Waals surface area contributed by atoms with Crippen LogP contribution in [-0.2, 0) is 10.0 Å². The molecule has 0 N–H and O–H groups in total. The van der Waals surface area contributed by atoms with Crippen LogP contribution in [0.4, 0.5) is 4.39 Å². The van der Waals surface area contributed by atoms with Crippen LogP contribution in [0.5, 0.6) is 5.75 Å². The van der Waals surface area contributed by atoms with Gasteiger partial charge in [-0.1, -0.05) is 26.2 Å². The van der Waals surface area contributed by atoms with Crippen LogP contribution in [0.25, 0.3) is 0 Å². The number of piperazine rings is 1. The largest absolute Gasteiger partial charge is 0.496 e. The van der Waals surface area contributed by atoms with E-state index in [0.717, 1.165) is 32.1 Å². The number of hydrogen-bond donors (Lipinski definition) is 0. The van der Waals surface area contributed by atoms with Gasteiger partial charge in [-0.25, -0.2) is 12.8 Å². The Bertz CT molecular complexity index is 905. The summed E-state index contributed by atoms with van der Waals surface area (Å²) in [5, 5.41) is 0. The van der Waals surface area contributed by atoms with Crippen LogP contribution in [-0.4, -0.2) is 68.0 Å². The van der Waals surface area contributed by atoms with Gasteiger partial charge in [-0.3, -0.25) is 9.69 Å². The summed E-state index contributed by atoms with van der Waals surface area (Å²) in [6.07, 6.45) is 7.24. The van der Waals surface area contributed by atoms with Crippen LogP contribution >= 0.6 is 0 Å². The molecule has 0 unspecified atom stereocenters. The zero-order chi connectivity index (χ0) is 23.4. The first kappa shape index (κ1) is 25.1. The van der Waals surface area contributed by atoms with Gasteiger partial charge in [0.15, 0.2) is 5.78 Å². The highest BCUT2D eigenvalue weighted by Crippen LogP contribution is 2.39. The van der Waals surface area contributed by atoms with Crippen molar-refractivity contribution in [2.24, 2.45) is 0 Å². The molecule has 0 atom stereocenters. The Morgan fingerprint density at radius 1 is 1.12 bits per heavy atom. The molecule has 0 aromatic heterocycles. The summed E-state index contributed by atoms with van der Waals surface area (Å²) in [4.78, 5) is 15.6. The molecule has 0 spiro atoms. The van der Waals surface area contributed by atoms with Gasteiger partial charge in [0.1, 0.15) is 11.6 Å². The van der Waals surface area contributed by atoms with E-state index in [-0.39, 0.29) is 17.1 Å². The summed E-state index contributed by atoms with van der Waals surface area (Å²) in [6.45, 7) is 6.07. The van der Waals surface area contributed by atoms with Crippen LogP contribution in [0.2, 0.25) is 0 Å². The number of Topliss-reactive ketones (excluding diaryl/α,β-unsaturated/α-hetero) is 1. The number of methoxy groups -OCH3 is 1. The Labute approximate surface area is 192 Å². The molecule has 1 aromatic carbocycles. The van der Waals surface area contributed by atoms with Gasteiger partial charge in [0.25, 0.3) is 0 Å². The van der Waals surface area contributed by atoms with Crippen molar-refractivity contribution >= 4 is 15.8 Å². The maximum absolute atomic E-state index is 13.8. The Hall–Kier alpha value is -1.51. The lowest BCUT2D eigenvalue weighted by Gasteiger charge is -2.50. The molecule has 1 aliphatic heterocycles. The smallest absolute Gasteiger partial charge is 0.214 e. The number of benzene rings is 1. The number of ketones is 1. The lowest BCUT2D eigenvalue weighted by Crippen LogP contribution is -2.58. The minimum Gasteiger partial charge on any atom is -0.496 e. The number of halogens is 1. The lowest BCUT2D eigenvalue weighted by atomic mass is 9.76. The molecule has 1 saturated heterocycles. The van der Waals surface area contributed by atoms with E-state index in [4.69, 9.17) is 4.74 Å². The normalized spacial score (nSPS) is 20.2. The predicted octanol–water partition coefficient (Wildman–Crippen LogP) is 4.17. The number of sulfonamides is 1. The summed E-state index contributed by atoms with van der Waals surface area (Å²) in [6, 6.07) is 2.65. The van der Waals surface area contributed by atoms with Gasteiger partial charge in [-0.2, -0.15) is 4.31 Å². The van der Waals surface area contributed by atoms with E-state index in [1.165, 1.54) is 25.7 Å². The van der Waals surface area contributed by atoms with Crippen LogP contribution in [0.3, 0.4) is 0 Å². The SMILES string of the molecule is CCCS(=O)(=O)N1CCN(C2(CCC(=O)c3c(C)cc(F)cc3OC)CCCCC2)CC1. The van der Waals surface area contributed by atoms with E-state index in [9.17, 15) is 17.6 Å². The summed E-state index contributed by atoms with van der Waals surface area (Å²) in [5.74, 6) is 0.0647. The van der Waals surface area contributed by atoms with Crippen molar-refractivity contribution in [3.63, 3.8) is 0 Å². The molecule has 180 valence electrons. The molecular formula is C24H37FN2O4S. The summed E-state index contributed by atoms with van der Waals surface area (Å²) in [5.41, 5.74) is 0.991. The number of aryl methyl sites for hydroxylation is 1. The molecule has 2 fully saturated rings. The fourth-order valence-corrected chi connectivity index (χ4v) is 6.96. The van der Waals surface area contributed by atoms with E-state index in [0.29, 0.717) is 55.9 Å². The van der Waals surface area contributed by atoms with Crippen LogP contribution < -0.4 is 4.74 Å². The van der Waals surface area contributed by atoms with E-state index in [2.05, 4.69) is 4.90 Å². The lowest BCUT2D eigenvalue weighted by molar-refractivity contribution is 0.0165. The van der Waals surface area contributed by atoms with Gasteiger partial charge in [-0.05, 0) is 44.2 Å². The highest BCUT2D eigenvalue weighted by molar-refractivity contribution is 7.89. The molecule has 1 aromatic rings. The van der Waals surface area contributed by atoms with Gasteiger partial charge in [0.2, 0.25) is 10.0 Å². The highest BCUT2D eigenvalue weighted by atomic mass is 32.2. The zero-order valence-corrected chi connectivity index (χ0v) is 20.5. The highest BCUT2D eigenvalue weighted by Gasteiger charge is 2.40. The standard InChI is InChI=1S/C24H37FN2O4S/c1-4-16-32(29,30)27-14-12-26(13-15-27)24(9-6-5-7-10-24)11-8-21(28)23-19(2)17-20(25)18-22(23)31-3/h17-18H,4-16H2,1-3H3. The monoisotopic (exact) mass is 468 g/mol. The Kier molecular flexibility index (Phi) is 8.33. The third-order valence-corrected chi connectivity index (χ3v) is 9.21. The second-order valence-electron chi connectivity index (χ2n) is 9.21. The number of nitrogens with zero attached hydrogens (tertiary/aromatic N) is 2. The van der Waals surface area contributed by atoms with Crippen LogP contribution in [0.1, 0.15) is 74.2 Å². The molecule has 1 saturated carbocycles. The molecule has 6 nitrogen and oxygen atoms in total. The molecule has 1 heterocycles. The number of rotatable bonds is 9. The first-order chi connectivity index (χ1) is 15.2. The molecule has 1 aliphatic carbocycles.